The molecule has 32 heavy (non-hydrogen) atoms. The Morgan fingerprint density at radius 3 is 2.47 bits per heavy atom. The number of likely N-dealkylation sites (N-methyl/N-ethyl adjacent to an activating group) is 1. The molecule has 0 N–H and O–H groups in total. The zero-order chi connectivity index (χ0) is 22.7. The van der Waals surface area contributed by atoms with Crippen molar-refractivity contribution in [1.29, 1.82) is 5.26 Å². The van der Waals surface area contributed by atoms with Crippen LogP contribution in [0.15, 0.2) is 70.6 Å². The molecule has 1 aromatic heterocycles. The van der Waals surface area contributed by atoms with Crippen molar-refractivity contribution in [3.8, 4) is 6.07 Å². The number of hydrogen-bond donors (Lipinski definition) is 0. The number of rotatable bonds is 2. The highest BCUT2D eigenvalue weighted by Crippen LogP contribution is 2.61. The van der Waals surface area contributed by atoms with Gasteiger partial charge >= 0.3 is 0 Å². The van der Waals surface area contributed by atoms with E-state index in [2.05, 4.69) is 42.0 Å². The van der Waals surface area contributed by atoms with Crippen molar-refractivity contribution < 1.29 is 4.57 Å². The molecule has 1 atom stereocenters. The van der Waals surface area contributed by atoms with Gasteiger partial charge < -0.3 is 9.46 Å². The van der Waals surface area contributed by atoms with Crippen LogP contribution in [0.2, 0.25) is 0 Å². The number of para-hydroxylation sites is 1. The number of aryl methyl sites for hydroxylation is 1. The van der Waals surface area contributed by atoms with Crippen LogP contribution in [0.3, 0.4) is 0 Å². The molecule has 160 valence electrons. The van der Waals surface area contributed by atoms with Crippen LogP contribution in [0, 0.1) is 18.3 Å². The van der Waals surface area contributed by atoms with Crippen molar-refractivity contribution >= 4 is 35.5 Å². The Kier molecular flexibility index (Phi) is 4.51. The third-order valence-electron chi connectivity index (χ3n) is 6.48. The molecule has 0 saturated carbocycles. The Morgan fingerprint density at radius 1 is 1.09 bits per heavy atom. The van der Waals surface area contributed by atoms with E-state index in [1.165, 1.54) is 5.56 Å². The van der Waals surface area contributed by atoms with E-state index in [1.807, 2.05) is 56.4 Å². The maximum absolute atomic E-state index is 15.3. The Balaban J connectivity index is 1.88. The summed E-state index contributed by atoms with van der Waals surface area (Å²) in [5.41, 5.74) is 3.57. The van der Waals surface area contributed by atoms with Gasteiger partial charge in [0.2, 0.25) is 0 Å². The summed E-state index contributed by atoms with van der Waals surface area (Å²) >= 11 is 0. The van der Waals surface area contributed by atoms with Crippen molar-refractivity contribution in [2.24, 2.45) is 4.99 Å². The smallest absolute Gasteiger partial charge is 0.179 e. The van der Waals surface area contributed by atoms with Gasteiger partial charge in [0, 0.05) is 35.4 Å². The number of aromatic nitrogens is 2. The first-order chi connectivity index (χ1) is 15.3. The highest BCUT2D eigenvalue weighted by Gasteiger charge is 2.48. The lowest BCUT2D eigenvalue weighted by molar-refractivity contribution is 0.588. The number of allylic oxidation sites excluding steroid dienone is 2. The van der Waals surface area contributed by atoms with Gasteiger partial charge in [-0.05, 0) is 18.6 Å². The minimum absolute atomic E-state index is 0.0606. The van der Waals surface area contributed by atoms with Crippen LogP contribution in [0.25, 0.3) is 0 Å². The van der Waals surface area contributed by atoms with Crippen LogP contribution < -0.4 is 15.5 Å². The molecule has 0 bridgehead atoms. The largest absolute Gasteiger partial charge is 0.346 e. The van der Waals surface area contributed by atoms with E-state index in [9.17, 15) is 5.26 Å². The van der Waals surface area contributed by atoms with Gasteiger partial charge in [0.05, 0.1) is 22.4 Å². The van der Waals surface area contributed by atoms with Gasteiger partial charge in [-0.15, -0.1) is 0 Å². The van der Waals surface area contributed by atoms with Gasteiger partial charge in [0.1, 0.15) is 6.54 Å². The molecule has 2 aromatic carbocycles. The Morgan fingerprint density at radius 2 is 1.78 bits per heavy atom. The summed E-state index contributed by atoms with van der Waals surface area (Å²) in [6.07, 6.45) is 1.74. The van der Waals surface area contributed by atoms with Crippen molar-refractivity contribution in [2.75, 3.05) is 11.9 Å². The maximum atomic E-state index is 15.3. The standard InChI is InChI=1S/C25H24N5OP/c1-17-22-24(30(28-17)15-14-26)27-16-21(32(22,31)18-10-6-5-7-11-18)23-25(2,3)19-12-8-9-13-20(19)29(23)4/h5-13,16H,15H2,1-4H3. The zero-order valence-electron chi connectivity index (χ0n) is 18.6. The number of hydrogen-bond acceptors (Lipinski definition) is 5. The summed E-state index contributed by atoms with van der Waals surface area (Å²) in [6, 6.07) is 20.0. The third kappa shape index (κ3) is 2.61. The molecule has 3 aromatic rings. The van der Waals surface area contributed by atoms with Crippen LogP contribution in [0.1, 0.15) is 25.1 Å². The number of benzene rings is 2. The highest BCUT2D eigenvalue weighted by molar-refractivity contribution is 7.83. The first kappa shape index (κ1) is 20.5. The number of aliphatic imine (C=N–C) groups is 1. The molecular weight excluding hydrogens is 417 g/mol. The summed E-state index contributed by atoms with van der Waals surface area (Å²) < 4.78 is 16.8. The lowest BCUT2D eigenvalue weighted by Gasteiger charge is -2.32. The molecule has 5 rings (SSSR count). The zero-order valence-corrected chi connectivity index (χ0v) is 19.5. The average Bonchev–Trinajstić information content (AvgIpc) is 3.21. The van der Waals surface area contributed by atoms with Gasteiger partial charge in [-0.3, -0.25) is 0 Å². The summed E-state index contributed by atoms with van der Waals surface area (Å²) in [5.74, 6) is 0.511. The lowest BCUT2D eigenvalue weighted by atomic mass is 9.84. The van der Waals surface area contributed by atoms with Crippen molar-refractivity contribution in [1.82, 2.24) is 9.78 Å². The predicted octanol–water partition coefficient (Wildman–Crippen LogP) is 4.38. The topological polar surface area (TPSA) is 74.3 Å². The molecule has 2 aliphatic heterocycles. The van der Waals surface area contributed by atoms with Crippen molar-refractivity contribution in [2.45, 2.75) is 32.7 Å². The van der Waals surface area contributed by atoms with E-state index >= 15 is 4.57 Å². The SMILES string of the molecule is Cc1nn(CC#N)c2c1P(=O)(c1ccccc1)C(=C1N(C)c3ccccc3C1(C)C)C=N2. The highest BCUT2D eigenvalue weighted by atomic mass is 31.2. The predicted molar refractivity (Wildman–Crippen MR) is 129 cm³/mol. The van der Waals surface area contributed by atoms with Crippen LogP contribution in [-0.4, -0.2) is 23.0 Å². The molecule has 1 unspecified atom stereocenters. The maximum Gasteiger partial charge on any atom is 0.179 e. The normalized spacial score (nSPS) is 23.0. The van der Waals surface area contributed by atoms with Gasteiger partial charge in [-0.1, -0.05) is 62.4 Å². The Bertz CT molecular complexity index is 1390. The van der Waals surface area contributed by atoms with E-state index < -0.39 is 7.14 Å². The molecule has 0 saturated heterocycles. The number of nitriles is 1. The number of anilines is 1. The van der Waals surface area contributed by atoms with E-state index in [-0.39, 0.29) is 12.0 Å². The Hall–Kier alpha value is -3.42. The molecule has 0 amide bonds. The fourth-order valence-electron chi connectivity index (χ4n) is 5.13. The van der Waals surface area contributed by atoms with Gasteiger partial charge in [0.25, 0.3) is 0 Å². The molecule has 2 aliphatic rings. The number of fused-ring (bicyclic) bond motifs is 2. The fourth-order valence-corrected chi connectivity index (χ4v) is 8.40. The van der Waals surface area contributed by atoms with Crippen molar-refractivity contribution in [3.63, 3.8) is 0 Å². The van der Waals surface area contributed by atoms with Gasteiger partial charge in [-0.25, -0.2) is 9.67 Å². The van der Waals surface area contributed by atoms with E-state index in [1.54, 1.807) is 10.9 Å². The first-order valence-corrected chi connectivity index (χ1v) is 12.3. The minimum atomic E-state index is -3.31. The van der Waals surface area contributed by atoms with Crippen LogP contribution >= 0.6 is 7.14 Å². The second-order valence-electron chi connectivity index (χ2n) is 8.71. The first-order valence-electron chi connectivity index (χ1n) is 10.5. The fraction of sp³-hybridized carbons (Fsp3) is 0.240. The van der Waals surface area contributed by atoms with E-state index in [4.69, 9.17) is 4.99 Å². The van der Waals surface area contributed by atoms with Gasteiger partial charge in [0.15, 0.2) is 13.0 Å². The molecule has 6 nitrogen and oxygen atoms in total. The van der Waals surface area contributed by atoms with Crippen LogP contribution in [0.5, 0.6) is 0 Å². The third-order valence-corrected chi connectivity index (χ3v) is 9.67. The summed E-state index contributed by atoms with van der Waals surface area (Å²) in [6.45, 7) is 6.25. The number of nitrogens with zero attached hydrogens (tertiary/aromatic N) is 5. The van der Waals surface area contributed by atoms with Gasteiger partial charge in [-0.2, -0.15) is 10.4 Å². The molecule has 0 fully saturated rings. The van der Waals surface area contributed by atoms with E-state index in [0.29, 0.717) is 16.8 Å². The summed E-state index contributed by atoms with van der Waals surface area (Å²) in [4.78, 5) is 6.85. The van der Waals surface area contributed by atoms with Crippen LogP contribution in [0.4, 0.5) is 11.5 Å². The van der Waals surface area contributed by atoms with Crippen LogP contribution in [-0.2, 0) is 16.5 Å². The Labute approximate surface area is 187 Å². The molecule has 3 heterocycles. The summed E-state index contributed by atoms with van der Waals surface area (Å²) in [7, 11) is -1.28. The minimum Gasteiger partial charge on any atom is -0.346 e. The average molecular weight is 441 g/mol. The second-order valence-corrected chi connectivity index (χ2v) is 11.4. The quantitative estimate of drug-likeness (QED) is 0.553. The summed E-state index contributed by atoms with van der Waals surface area (Å²) in [5, 5.41) is 15.9. The lowest BCUT2D eigenvalue weighted by Crippen LogP contribution is -2.30. The van der Waals surface area contributed by atoms with E-state index in [0.717, 1.165) is 22.0 Å². The molecule has 0 spiro atoms. The van der Waals surface area contributed by atoms with Crippen molar-refractivity contribution in [3.05, 3.63) is 76.9 Å². The molecule has 7 heteroatoms. The second kappa shape index (κ2) is 7.05. The molecule has 0 radical (unpaired) electrons. The molecule has 0 aliphatic carbocycles. The molecular formula is C25H24N5OP. The monoisotopic (exact) mass is 441 g/mol.